The van der Waals surface area contributed by atoms with Gasteiger partial charge in [0, 0.05) is 44.1 Å². The Bertz CT molecular complexity index is 581. The van der Waals surface area contributed by atoms with E-state index in [0.717, 1.165) is 32.2 Å². The monoisotopic (exact) mass is 333 g/mol. The van der Waals surface area contributed by atoms with Crippen LogP contribution in [-0.2, 0) is 11.3 Å². The van der Waals surface area contributed by atoms with Gasteiger partial charge in [0.25, 0.3) is 0 Å². The molecule has 3 aliphatic rings. The summed E-state index contributed by atoms with van der Waals surface area (Å²) < 4.78 is 0. The quantitative estimate of drug-likeness (QED) is 0.869. The van der Waals surface area contributed by atoms with Gasteiger partial charge in [-0.25, -0.2) is 4.79 Å². The van der Waals surface area contributed by atoms with E-state index in [9.17, 15) is 9.59 Å². The molecular weight excluding hydrogens is 310 g/mol. The number of likely N-dealkylation sites (tertiary alicyclic amines) is 1. The third-order valence-electron chi connectivity index (χ3n) is 4.95. The highest BCUT2D eigenvalue weighted by atomic mass is 32.1. The zero-order chi connectivity index (χ0) is 15.8. The van der Waals surface area contributed by atoms with Crippen LogP contribution in [-0.4, -0.2) is 46.9 Å². The molecule has 0 bridgehead atoms. The van der Waals surface area contributed by atoms with Crippen molar-refractivity contribution in [3.8, 4) is 0 Å². The van der Waals surface area contributed by atoms with Crippen molar-refractivity contribution >= 4 is 23.3 Å². The number of hydrogen-bond acceptors (Lipinski definition) is 3. The highest BCUT2D eigenvalue weighted by Gasteiger charge is 2.39. The molecule has 2 saturated carbocycles. The average molecular weight is 333 g/mol. The van der Waals surface area contributed by atoms with E-state index in [2.05, 4.69) is 22.1 Å². The standard InChI is InChI=1S/C17H23N3O2S/c21-16-7-13(10-19(16)14-1-2-14)8-18-17(22)20(15-3-4-15)9-12-5-6-23-11-12/h5-6,11,13-15H,1-4,7-10H2,(H,18,22). The lowest BCUT2D eigenvalue weighted by molar-refractivity contribution is -0.128. The van der Waals surface area contributed by atoms with Crippen LogP contribution >= 0.6 is 11.3 Å². The number of nitrogens with zero attached hydrogens (tertiary/aromatic N) is 2. The molecule has 4 rings (SSSR count). The van der Waals surface area contributed by atoms with Gasteiger partial charge in [0.2, 0.25) is 5.91 Å². The van der Waals surface area contributed by atoms with Crippen LogP contribution < -0.4 is 5.32 Å². The predicted molar refractivity (Wildman–Crippen MR) is 89.1 cm³/mol. The molecule has 0 spiro atoms. The van der Waals surface area contributed by atoms with Crippen molar-refractivity contribution in [3.63, 3.8) is 0 Å². The van der Waals surface area contributed by atoms with Crippen LogP contribution in [0.15, 0.2) is 16.8 Å². The van der Waals surface area contributed by atoms with Crippen molar-refractivity contribution in [3.05, 3.63) is 22.4 Å². The lowest BCUT2D eigenvalue weighted by Gasteiger charge is -2.23. The summed E-state index contributed by atoms with van der Waals surface area (Å²) in [5, 5.41) is 7.22. The fourth-order valence-electron chi connectivity index (χ4n) is 3.35. The lowest BCUT2D eigenvalue weighted by atomic mass is 10.1. The lowest BCUT2D eigenvalue weighted by Crippen LogP contribution is -2.43. The molecule has 3 fully saturated rings. The maximum absolute atomic E-state index is 12.5. The van der Waals surface area contributed by atoms with Gasteiger partial charge in [-0.15, -0.1) is 0 Å². The number of carbonyl (C=O) groups excluding carboxylic acids is 2. The van der Waals surface area contributed by atoms with Crippen molar-refractivity contribution in [1.82, 2.24) is 15.1 Å². The van der Waals surface area contributed by atoms with Gasteiger partial charge in [-0.2, -0.15) is 11.3 Å². The first kappa shape index (κ1) is 15.0. The normalized spacial score (nSPS) is 24.1. The third-order valence-corrected chi connectivity index (χ3v) is 5.68. The summed E-state index contributed by atoms with van der Waals surface area (Å²) in [4.78, 5) is 28.5. The van der Waals surface area contributed by atoms with Crippen molar-refractivity contribution in [1.29, 1.82) is 0 Å². The Morgan fingerprint density at radius 1 is 1.35 bits per heavy atom. The van der Waals surface area contributed by atoms with Gasteiger partial charge >= 0.3 is 6.03 Å². The van der Waals surface area contributed by atoms with Crippen molar-refractivity contribution in [2.24, 2.45) is 5.92 Å². The SMILES string of the molecule is O=C1CC(CNC(=O)N(Cc2ccsc2)C2CC2)CN1C1CC1. The minimum atomic E-state index is 0.0241. The van der Waals surface area contributed by atoms with Crippen LogP contribution in [0.3, 0.4) is 0 Å². The molecule has 1 atom stereocenters. The minimum Gasteiger partial charge on any atom is -0.339 e. The molecule has 124 valence electrons. The first-order chi connectivity index (χ1) is 11.2. The summed E-state index contributed by atoms with van der Waals surface area (Å²) in [5.41, 5.74) is 1.20. The molecule has 2 aliphatic carbocycles. The molecule has 2 heterocycles. The fourth-order valence-corrected chi connectivity index (χ4v) is 4.01. The Hall–Kier alpha value is -1.56. The van der Waals surface area contributed by atoms with E-state index >= 15 is 0 Å². The number of carbonyl (C=O) groups is 2. The molecule has 1 aliphatic heterocycles. The molecular formula is C17H23N3O2S. The average Bonchev–Trinajstić information content (AvgIpc) is 3.47. The number of urea groups is 1. The predicted octanol–water partition coefficient (Wildman–Crippen LogP) is 2.43. The van der Waals surface area contributed by atoms with Crippen LogP contribution in [0, 0.1) is 5.92 Å². The maximum Gasteiger partial charge on any atom is 0.317 e. The van der Waals surface area contributed by atoms with Crippen LogP contribution in [0.1, 0.15) is 37.7 Å². The molecule has 1 saturated heterocycles. The summed E-state index contributed by atoms with van der Waals surface area (Å²) in [6.07, 6.45) is 5.11. The Kier molecular flexibility index (Phi) is 4.01. The Morgan fingerprint density at radius 2 is 2.17 bits per heavy atom. The molecule has 3 amide bonds. The fraction of sp³-hybridized carbons (Fsp3) is 0.647. The number of nitrogens with one attached hydrogen (secondary N) is 1. The summed E-state index contributed by atoms with van der Waals surface area (Å²) in [6.45, 7) is 2.12. The molecule has 1 unspecified atom stereocenters. The zero-order valence-corrected chi connectivity index (χ0v) is 14.1. The molecule has 1 aromatic rings. The van der Waals surface area contributed by atoms with E-state index in [1.165, 1.54) is 5.56 Å². The van der Waals surface area contributed by atoms with Crippen molar-refractivity contribution in [2.75, 3.05) is 13.1 Å². The van der Waals surface area contributed by atoms with Gasteiger partial charge in [0.1, 0.15) is 0 Å². The summed E-state index contributed by atoms with van der Waals surface area (Å²) in [7, 11) is 0. The Morgan fingerprint density at radius 3 is 2.83 bits per heavy atom. The van der Waals surface area contributed by atoms with Crippen LogP contribution in [0.5, 0.6) is 0 Å². The van der Waals surface area contributed by atoms with E-state index in [1.54, 1.807) is 11.3 Å². The van der Waals surface area contributed by atoms with E-state index in [-0.39, 0.29) is 17.9 Å². The second-order valence-corrected chi connectivity index (χ2v) is 7.80. The Balaban J connectivity index is 1.29. The van der Waals surface area contributed by atoms with Crippen LogP contribution in [0.4, 0.5) is 4.79 Å². The van der Waals surface area contributed by atoms with Gasteiger partial charge < -0.3 is 15.1 Å². The first-order valence-corrected chi connectivity index (χ1v) is 9.50. The van der Waals surface area contributed by atoms with Crippen molar-refractivity contribution in [2.45, 2.75) is 50.7 Å². The number of amides is 3. The van der Waals surface area contributed by atoms with Crippen LogP contribution in [0.2, 0.25) is 0 Å². The largest absolute Gasteiger partial charge is 0.339 e. The second kappa shape index (κ2) is 6.15. The van der Waals surface area contributed by atoms with E-state index < -0.39 is 0 Å². The summed E-state index contributed by atoms with van der Waals surface area (Å²) in [6, 6.07) is 2.99. The smallest absolute Gasteiger partial charge is 0.317 e. The highest BCUT2D eigenvalue weighted by molar-refractivity contribution is 7.07. The van der Waals surface area contributed by atoms with Crippen molar-refractivity contribution < 1.29 is 9.59 Å². The van der Waals surface area contributed by atoms with Gasteiger partial charge in [-0.1, -0.05) is 0 Å². The highest BCUT2D eigenvalue weighted by Crippen LogP contribution is 2.32. The second-order valence-electron chi connectivity index (χ2n) is 7.02. The molecule has 0 aromatic carbocycles. The maximum atomic E-state index is 12.5. The van der Waals surface area contributed by atoms with E-state index in [1.807, 2.05) is 9.80 Å². The molecule has 5 nitrogen and oxygen atoms in total. The summed E-state index contributed by atoms with van der Waals surface area (Å²) >= 11 is 1.67. The number of thiophene rings is 1. The third kappa shape index (κ3) is 3.52. The zero-order valence-electron chi connectivity index (χ0n) is 13.2. The molecule has 23 heavy (non-hydrogen) atoms. The molecule has 6 heteroatoms. The van der Waals surface area contributed by atoms with E-state index in [0.29, 0.717) is 31.6 Å². The first-order valence-electron chi connectivity index (χ1n) is 8.55. The minimum absolute atomic E-state index is 0.0241. The Labute approximate surface area is 140 Å². The summed E-state index contributed by atoms with van der Waals surface area (Å²) in [5.74, 6) is 0.540. The number of hydrogen-bond donors (Lipinski definition) is 1. The molecule has 0 radical (unpaired) electrons. The van der Waals surface area contributed by atoms with Gasteiger partial charge in [0.05, 0.1) is 0 Å². The van der Waals surface area contributed by atoms with Crippen LogP contribution in [0.25, 0.3) is 0 Å². The molecule has 1 aromatic heterocycles. The van der Waals surface area contributed by atoms with E-state index in [4.69, 9.17) is 0 Å². The van der Waals surface area contributed by atoms with Gasteiger partial charge in [-0.05, 0) is 48.1 Å². The van der Waals surface area contributed by atoms with Gasteiger partial charge in [-0.3, -0.25) is 4.79 Å². The van der Waals surface area contributed by atoms with Gasteiger partial charge in [0.15, 0.2) is 0 Å². The number of rotatable bonds is 6. The molecule has 1 N–H and O–H groups in total. The topological polar surface area (TPSA) is 52.7 Å².